The predicted molar refractivity (Wildman–Crippen MR) is 71.7 cm³/mol. The summed E-state index contributed by atoms with van der Waals surface area (Å²) in [5, 5.41) is 9.70. The molecule has 0 aliphatic rings. The summed E-state index contributed by atoms with van der Waals surface area (Å²) in [6.45, 7) is 7.87. The van der Waals surface area contributed by atoms with Gasteiger partial charge in [0.05, 0.1) is 10.5 Å². The van der Waals surface area contributed by atoms with Crippen LogP contribution in [0.3, 0.4) is 0 Å². The van der Waals surface area contributed by atoms with E-state index in [1.54, 1.807) is 25.8 Å². The molecule has 0 unspecified atom stereocenters. The van der Waals surface area contributed by atoms with Crippen molar-refractivity contribution >= 4 is 17.2 Å². The van der Waals surface area contributed by atoms with Crippen LogP contribution in [0.4, 0.5) is 0 Å². The molecule has 1 aromatic rings. The number of nitrogens with zero attached hydrogens (tertiary/aromatic N) is 1. The van der Waals surface area contributed by atoms with E-state index in [4.69, 9.17) is 0 Å². The molecule has 0 fully saturated rings. The van der Waals surface area contributed by atoms with E-state index in [1.807, 2.05) is 13.0 Å². The van der Waals surface area contributed by atoms with Gasteiger partial charge in [0.1, 0.15) is 0 Å². The number of amides is 1. The molecule has 1 rings (SSSR count). The molecule has 0 radical (unpaired) electrons. The number of aryl methyl sites for hydroxylation is 2. The molecule has 0 aliphatic carbocycles. The van der Waals surface area contributed by atoms with E-state index < -0.39 is 5.60 Å². The fourth-order valence-corrected chi connectivity index (χ4v) is 2.93. The number of rotatable bonds is 4. The van der Waals surface area contributed by atoms with Crippen LogP contribution in [-0.2, 0) is 6.42 Å². The van der Waals surface area contributed by atoms with Gasteiger partial charge in [-0.05, 0) is 38.8 Å². The van der Waals surface area contributed by atoms with E-state index in [-0.39, 0.29) is 5.91 Å². The summed E-state index contributed by atoms with van der Waals surface area (Å²) in [5.41, 5.74) is 0.375. The lowest BCUT2D eigenvalue weighted by Gasteiger charge is -2.25. The largest absolute Gasteiger partial charge is 0.389 e. The van der Waals surface area contributed by atoms with Gasteiger partial charge in [-0.1, -0.05) is 6.92 Å². The summed E-state index contributed by atoms with van der Waals surface area (Å²) in [6, 6.07) is 1.96. The van der Waals surface area contributed by atoms with Gasteiger partial charge in [0.25, 0.3) is 5.91 Å². The molecule has 0 saturated heterocycles. The van der Waals surface area contributed by atoms with Crippen LogP contribution in [-0.4, -0.2) is 35.1 Å². The lowest BCUT2D eigenvalue weighted by Crippen LogP contribution is -2.39. The van der Waals surface area contributed by atoms with Crippen molar-refractivity contribution in [2.45, 2.75) is 39.7 Å². The Morgan fingerprint density at radius 2 is 2.12 bits per heavy atom. The van der Waals surface area contributed by atoms with Crippen LogP contribution in [0.15, 0.2) is 6.07 Å². The van der Waals surface area contributed by atoms with Gasteiger partial charge in [0, 0.05) is 18.5 Å². The van der Waals surface area contributed by atoms with Crippen molar-refractivity contribution in [2.24, 2.45) is 0 Å². The van der Waals surface area contributed by atoms with Gasteiger partial charge in [0.15, 0.2) is 0 Å². The maximum Gasteiger partial charge on any atom is 0.263 e. The van der Waals surface area contributed by atoms with Crippen molar-refractivity contribution in [3.63, 3.8) is 0 Å². The van der Waals surface area contributed by atoms with E-state index in [9.17, 15) is 9.90 Å². The average molecular weight is 255 g/mol. The minimum atomic E-state index is -0.857. The van der Waals surface area contributed by atoms with Crippen molar-refractivity contribution < 1.29 is 9.90 Å². The first-order valence-electron chi connectivity index (χ1n) is 5.81. The Labute approximate surface area is 107 Å². The molecule has 1 aromatic heterocycles. The highest BCUT2D eigenvalue weighted by Crippen LogP contribution is 2.23. The van der Waals surface area contributed by atoms with Crippen LogP contribution in [0.2, 0.25) is 0 Å². The summed E-state index contributed by atoms with van der Waals surface area (Å²) in [5.74, 6) is -0.0140. The fraction of sp³-hybridized carbons (Fsp3) is 0.615. The van der Waals surface area contributed by atoms with Gasteiger partial charge < -0.3 is 10.0 Å². The zero-order valence-electron chi connectivity index (χ0n) is 11.2. The summed E-state index contributed by atoms with van der Waals surface area (Å²) < 4.78 is 0. The van der Waals surface area contributed by atoms with Crippen LogP contribution in [0.5, 0.6) is 0 Å². The molecule has 1 N–H and O–H groups in total. The molecular formula is C13H21NO2S. The molecule has 4 heteroatoms. The Morgan fingerprint density at radius 3 is 2.53 bits per heavy atom. The molecule has 0 aromatic carbocycles. The summed E-state index contributed by atoms with van der Waals surface area (Å²) >= 11 is 1.53. The highest BCUT2D eigenvalue weighted by molar-refractivity contribution is 7.14. The van der Waals surface area contributed by atoms with Crippen molar-refractivity contribution in [2.75, 3.05) is 13.6 Å². The van der Waals surface area contributed by atoms with E-state index in [0.717, 1.165) is 11.3 Å². The quantitative estimate of drug-likeness (QED) is 0.898. The smallest absolute Gasteiger partial charge is 0.263 e. The van der Waals surface area contributed by atoms with Gasteiger partial charge >= 0.3 is 0 Å². The van der Waals surface area contributed by atoms with E-state index in [0.29, 0.717) is 6.54 Å². The van der Waals surface area contributed by atoms with Crippen LogP contribution in [0, 0.1) is 6.92 Å². The minimum Gasteiger partial charge on any atom is -0.389 e. The first-order chi connectivity index (χ1) is 7.74. The van der Waals surface area contributed by atoms with Crippen LogP contribution < -0.4 is 0 Å². The third kappa shape index (κ3) is 3.82. The van der Waals surface area contributed by atoms with Crippen molar-refractivity contribution in [3.8, 4) is 0 Å². The molecule has 1 heterocycles. The average Bonchev–Trinajstić information content (AvgIpc) is 2.55. The van der Waals surface area contributed by atoms with Crippen LogP contribution in [0.1, 0.15) is 40.9 Å². The van der Waals surface area contributed by atoms with Gasteiger partial charge in [0.2, 0.25) is 0 Å². The number of hydrogen-bond acceptors (Lipinski definition) is 3. The Balaban J connectivity index is 2.82. The standard InChI is InChI=1S/C13H21NO2S/c1-6-10-7-11(17-9(10)2)12(15)14(5)8-13(3,4)16/h7,16H,6,8H2,1-5H3. The second kappa shape index (κ2) is 5.19. The summed E-state index contributed by atoms with van der Waals surface area (Å²) in [4.78, 5) is 15.7. The predicted octanol–water partition coefficient (Wildman–Crippen LogP) is 2.46. The number of carbonyl (C=O) groups excluding carboxylic acids is 1. The Kier molecular flexibility index (Phi) is 4.33. The molecule has 0 bridgehead atoms. The normalized spacial score (nSPS) is 11.6. The van der Waals surface area contributed by atoms with Gasteiger partial charge in [-0.25, -0.2) is 0 Å². The molecule has 96 valence electrons. The van der Waals surface area contributed by atoms with Crippen molar-refractivity contribution in [1.29, 1.82) is 0 Å². The van der Waals surface area contributed by atoms with Gasteiger partial charge in [-0.15, -0.1) is 11.3 Å². The summed E-state index contributed by atoms with van der Waals surface area (Å²) in [6.07, 6.45) is 0.949. The number of hydrogen-bond donors (Lipinski definition) is 1. The Morgan fingerprint density at radius 1 is 1.53 bits per heavy atom. The van der Waals surface area contributed by atoms with Crippen molar-refractivity contribution in [3.05, 3.63) is 21.4 Å². The third-order valence-electron chi connectivity index (χ3n) is 2.58. The Hall–Kier alpha value is -0.870. The van der Waals surface area contributed by atoms with E-state index in [1.165, 1.54) is 21.8 Å². The highest BCUT2D eigenvalue weighted by Gasteiger charge is 2.21. The lowest BCUT2D eigenvalue weighted by atomic mass is 10.1. The fourth-order valence-electron chi connectivity index (χ4n) is 1.82. The topological polar surface area (TPSA) is 40.5 Å². The summed E-state index contributed by atoms with van der Waals surface area (Å²) in [7, 11) is 1.72. The molecule has 0 atom stereocenters. The number of aliphatic hydroxyl groups is 1. The zero-order valence-corrected chi connectivity index (χ0v) is 12.0. The molecule has 0 saturated carbocycles. The van der Waals surface area contributed by atoms with Gasteiger partial charge in [-0.2, -0.15) is 0 Å². The third-order valence-corrected chi connectivity index (χ3v) is 3.66. The lowest BCUT2D eigenvalue weighted by molar-refractivity contribution is 0.0370. The maximum absolute atomic E-state index is 12.1. The molecule has 0 aliphatic heterocycles. The van der Waals surface area contributed by atoms with Crippen molar-refractivity contribution in [1.82, 2.24) is 4.90 Å². The van der Waals surface area contributed by atoms with Crippen LogP contribution >= 0.6 is 11.3 Å². The zero-order chi connectivity index (χ0) is 13.2. The monoisotopic (exact) mass is 255 g/mol. The second-order valence-corrected chi connectivity index (χ2v) is 6.28. The maximum atomic E-state index is 12.1. The first kappa shape index (κ1) is 14.2. The Bertz CT molecular complexity index is 404. The molecule has 17 heavy (non-hydrogen) atoms. The van der Waals surface area contributed by atoms with E-state index in [2.05, 4.69) is 6.92 Å². The molecule has 1 amide bonds. The number of thiophene rings is 1. The molecule has 0 spiro atoms. The molecular weight excluding hydrogens is 234 g/mol. The minimum absolute atomic E-state index is 0.0140. The number of carbonyl (C=O) groups is 1. The van der Waals surface area contributed by atoms with E-state index >= 15 is 0 Å². The highest BCUT2D eigenvalue weighted by atomic mass is 32.1. The number of likely N-dealkylation sites (N-methyl/N-ethyl adjacent to an activating group) is 1. The van der Waals surface area contributed by atoms with Gasteiger partial charge in [-0.3, -0.25) is 4.79 Å². The first-order valence-corrected chi connectivity index (χ1v) is 6.63. The molecule has 3 nitrogen and oxygen atoms in total. The second-order valence-electron chi connectivity index (χ2n) is 5.02. The SMILES string of the molecule is CCc1cc(C(=O)N(C)CC(C)(C)O)sc1C. The van der Waals surface area contributed by atoms with Crippen LogP contribution in [0.25, 0.3) is 0 Å².